The standard InChI is InChI=1S/C12H16BrNO/c1-12(2)8-14(3)7-9-4-5-10(13)6-11(9)15-12/h4-6H,7-8H2,1-3H3. The third-order valence-corrected chi connectivity index (χ3v) is 3.00. The van der Waals surface area contributed by atoms with E-state index in [9.17, 15) is 0 Å². The molecule has 15 heavy (non-hydrogen) atoms. The van der Waals surface area contributed by atoms with Crippen LogP contribution in [-0.2, 0) is 6.54 Å². The van der Waals surface area contributed by atoms with E-state index in [1.54, 1.807) is 0 Å². The van der Waals surface area contributed by atoms with Gasteiger partial charge in [-0.05, 0) is 33.0 Å². The monoisotopic (exact) mass is 269 g/mol. The van der Waals surface area contributed by atoms with E-state index < -0.39 is 0 Å². The Balaban J connectivity index is 2.41. The van der Waals surface area contributed by atoms with Crippen LogP contribution in [0.2, 0.25) is 0 Å². The molecule has 0 saturated heterocycles. The molecular formula is C12H16BrNO. The van der Waals surface area contributed by atoms with Crippen LogP contribution >= 0.6 is 15.9 Å². The normalized spacial score (nSPS) is 20.3. The summed E-state index contributed by atoms with van der Waals surface area (Å²) >= 11 is 3.47. The lowest BCUT2D eigenvalue weighted by molar-refractivity contribution is 0.0807. The molecule has 1 aromatic carbocycles. The molecule has 0 saturated carbocycles. The Bertz CT molecular complexity index is 376. The maximum absolute atomic E-state index is 6.02. The van der Waals surface area contributed by atoms with Crippen LogP contribution in [0.1, 0.15) is 19.4 Å². The van der Waals surface area contributed by atoms with Crippen LogP contribution in [0.4, 0.5) is 0 Å². The smallest absolute Gasteiger partial charge is 0.125 e. The summed E-state index contributed by atoms with van der Waals surface area (Å²) in [6.07, 6.45) is 0. The number of hydrogen-bond acceptors (Lipinski definition) is 2. The van der Waals surface area contributed by atoms with Crippen LogP contribution in [-0.4, -0.2) is 24.1 Å². The van der Waals surface area contributed by atoms with Gasteiger partial charge < -0.3 is 4.74 Å². The maximum Gasteiger partial charge on any atom is 0.125 e. The van der Waals surface area contributed by atoms with Gasteiger partial charge in [-0.3, -0.25) is 4.90 Å². The summed E-state index contributed by atoms with van der Waals surface area (Å²) in [6, 6.07) is 6.24. The molecule has 0 fully saturated rings. The van der Waals surface area contributed by atoms with E-state index in [2.05, 4.69) is 59.9 Å². The van der Waals surface area contributed by atoms with Crippen LogP contribution in [0.25, 0.3) is 0 Å². The molecule has 2 nitrogen and oxygen atoms in total. The topological polar surface area (TPSA) is 12.5 Å². The first kappa shape index (κ1) is 11.0. The van der Waals surface area contributed by atoms with Crippen LogP contribution in [0.5, 0.6) is 5.75 Å². The quantitative estimate of drug-likeness (QED) is 0.718. The van der Waals surface area contributed by atoms with E-state index in [0.717, 1.165) is 23.3 Å². The van der Waals surface area contributed by atoms with E-state index in [1.165, 1.54) is 5.56 Å². The van der Waals surface area contributed by atoms with Gasteiger partial charge in [0.2, 0.25) is 0 Å². The predicted octanol–water partition coefficient (Wildman–Crippen LogP) is 3.05. The number of nitrogens with zero attached hydrogens (tertiary/aromatic N) is 1. The fourth-order valence-corrected chi connectivity index (χ4v) is 2.42. The Kier molecular flexibility index (Phi) is 2.77. The molecule has 2 rings (SSSR count). The summed E-state index contributed by atoms with van der Waals surface area (Å²) in [6.45, 7) is 6.14. The first-order valence-electron chi connectivity index (χ1n) is 5.12. The fraction of sp³-hybridized carbons (Fsp3) is 0.500. The number of benzene rings is 1. The van der Waals surface area contributed by atoms with Crippen molar-refractivity contribution in [1.29, 1.82) is 0 Å². The minimum absolute atomic E-state index is 0.124. The fourth-order valence-electron chi connectivity index (χ4n) is 2.08. The largest absolute Gasteiger partial charge is 0.486 e. The minimum Gasteiger partial charge on any atom is -0.486 e. The van der Waals surface area contributed by atoms with Gasteiger partial charge in [-0.1, -0.05) is 22.0 Å². The van der Waals surface area contributed by atoms with Gasteiger partial charge >= 0.3 is 0 Å². The van der Waals surface area contributed by atoms with Crippen molar-refractivity contribution < 1.29 is 4.74 Å². The van der Waals surface area contributed by atoms with Crippen molar-refractivity contribution >= 4 is 15.9 Å². The Morgan fingerprint density at radius 2 is 2.13 bits per heavy atom. The maximum atomic E-state index is 6.02. The Morgan fingerprint density at radius 3 is 2.87 bits per heavy atom. The van der Waals surface area contributed by atoms with Crippen LogP contribution in [0, 0.1) is 0 Å². The molecule has 0 aliphatic carbocycles. The van der Waals surface area contributed by atoms with Gasteiger partial charge in [-0.25, -0.2) is 0 Å². The molecule has 0 atom stereocenters. The van der Waals surface area contributed by atoms with Crippen molar-refractivity contribution in [2.45, 2.75) is 26.0 Å². The van der Waals surface area contributed by atoms with Crippen LogP contribution in [0.15, 0.2) is 22.7 Å². The minimum atomic E-state index is -0.124. The zero-order valence-electron chi connectivity index (χ0n) is 9.38. The highest BCUT2D eigenvalue weighted by Crippen LogP contribution is 2.31. The third kappa shape index (κ3) is 2.52. The molecule has 1 aromatic rings. The number of rotatable bonds is 0. The van der Waals surface area contributed by atoms with E-state index in [0.29, 0.717) is 0 Å². The van der Waals surface area contributed by atoms with E-state index in [4.69, 9.17) is 4.74 Å². The van der Waals surface area contributed by atoms with Gasteiger partial charge in [0, 0.05) is 23.1 Å². The Hall–Kier alpha value is -0.540. The second-order valence-corrected chi connectivity index (χ2v) is 5.70. The molecule has 1 aliphatic heterocycles. The average molecular weight is 270 g/mol. The van der Waals surface area contributed by atoms with Crippen molar-refractivity contribution in [1.82, 2.24) is 4.90 Å². The number of likely N-dealkylation sites (N-methyl/N-ethyl adjacent to an activating group) is 1. The van der Waals surface area contributed by atoms with Crippen LogP contribution < -0.4 is 4.74 Å². The van der Waals surface area contributed by atoms with Gasteiger partial charge in [-0.2, -0.15) is 0 Å². The van der Waals surface area contributed by atoms with Crippen LogP contribution in [0.3, 0.4) is 0 Å². The summed E-state index contributed by atoms with van der Waals surface area (Å²) < 4.78 is 7.09. The van der Waals surface area contributed by atoms with E-state index in [1.807, 2.05) is 0 Å². The summed E-state index contributed by atoms with van der Waals surface area (Å²) in [5, 5.41) is 0. The summed E-state index contributed by atoms with van der Waals surface area (Å²) in [7, 11) is 2.13. The number of hydrogen-bond donors (Lipinski definition) is 0. The van der Waals surface area contributed by atoms with Crippen molar-refractivity contribution in [3.8, 4) is 5.75 Å². The lowest BCUT2D eigenvalue weighted by Gasteiger charge is -2.27. The zero-order valence-corrected chi connectivity index (χ0v) is 11.0. The summed E-state index contributed by atoms with van der Waals surface area (Å²) in [4.78, 5) is 2.29. The molecule has 0 bridgehead atoms. The molecular weight excluding hydrogens is 254 g/mol. The predicted molar refractivity (Wildman–Crippen MR) is 65.2 cm³/mol. The molecule has 1 aliphatic rings. The second-order valence-electron chi connectivity index (χ2n) is 4.79. The molecule has 1 heterocycles. The van der Waals surface area contributed by atoms with Crippen molar-refractivity contribution in [3.63, 3.8) is 0 Å². The highest BCUT2D eigenvalue weighted by Gasteiger charge is 2.27. The Morgan fingerprint density at radius 1 is 1.40 bits per heavy atom. The van der Waals surface area contributed by atoms with Gasteiger partial charge in [0.15, 0.2) is 0 Å². The van der Waals surface area contributed by atoms with Crippen molar-refractivity contribution in [2.24, 2.45) is 0 Å². The summed E-state index contributed by atoms with van der Waals surface area (Å²) in [5.74, 6) is 0.999. The average Bonchev–Trinajstić information content (AvgIpc) is 2.17. The highest BCUT2D eigenvalue weighted by atomic mass is 79.9. The first-order valence-corrected chi connectivity index (χ1v) is 5.92. The lowest BCUT2D eigenvalue weighted by atomic mass is 10.1. The Labute approximate surface area is 99.4 Å². The number of ether oxygens (including phenoxy) is 1. The van der Waals surface area contributed by atoms with Crippen molar-refractivity contribution in [3.05, 3.63) is 28.2 Å². The lowest BCUT2D eigenvalue weighted by Crippen LogP contribution is -2.38. The van der Waals surface area contributed by atoms with Gasteiger partial charge in [0.05, 0.1) is 0 Å². The summed E-state index contributed by atoms with van der Waals surface area (Å²) in [5.41, 5.74) is 1.13. The molecule has 0 radical (unpaired) electrons. The SMILES string of the molecule is CN1Cc2ccc(Br)cc2OC(C)(C)C1. The van der Waals surface area contributed by atoms with Gasteiger partial charge in [0.25, 0.3) is 0 Å². The molecule has 0 amide bonds. The molecule has 0 aromatic heterocycles. The molecule has 0 N–H and O–H groups in total. The van der Waals surface area contributed by atoms with Crippen molar-refractivity contribution in [2.75, 3.05) is 13.6 Å². The molecule has 0 spiro atoms. The molecule has 0 unspecified atom stereocenters. The van der Waals surface area contributed by atoms with Gasteiger partial charge in [0.1, 0.15) is 11.4 Å². The highest BCUT2D eigenvalue weighted by molar-refractivity contribution is 9.10. The molecule has 3 heteroatoms. The number of fused-ring (bicyclic) bond motifs is 1. The third-order valence-electron chi connectivity index (χ3n) is 2.51. The van der Waals surface area contributed by atoms with E-state index in [-0.39, 0.29) is 5.60 Å². The zero-order chi connectivity index (χ0) is 11.1. The van der Waals surface area contributed by atoms with E-state index >= 15 is 0 Å². The second kappa shape index (κ2) is 3.80. The molecule has 82 valence electrons. The number of halogens is 1. The first-order chi connectivity index (χ1) is 6.96. The van der Waals surface area contributed by atoms with Gasteiger partial charge in [-0.15, -0.1) is 0 Å².